The van der Waals surface area contributed by atoms with Gasteiger partial charge in [-0.1, -0.05) is 66.7 Å². The average molecular weight is 546 g/mol. The number of amides is 1. The van der Waals surface area contributed by atoms with E-state index in [0.29, 0.717) is 24.2 Å². The average Bonchev–Trinajstić information content (AvgIpc) is 3.40. The van der Waals surface area contributed by atoms with Crippen LogP contribution in [0.4, 0.5) is 4.39 Å². The van der Waals surface area contributed by atoms with E-state index in [4.69, 9.17) is 4.98 Å². The summed E-state index contributed by atoms with van der Waals surface area (Å²) in [7, 11) is 0. The second kappa shape index (κ2) is 11.2. The van der Waals surface area contributed by atoms with E-state index in [9.17, 15) is 19.1 Å². The van der Waals surface area contributed by atoms with Crippen LogP contribution in [0, 0.1) is 5.82 Å². The molecule has 1 N–H and O–H groups in total. The predicted molar refractivity (Wildman–Crippen MR) is 156 cm³/mol. The summed E-state index contributed by atoms with van der Waals surface area (Å²) in [5.41, 5.74) is 3.66. The van der Waals surface area contributed by atoms with Crippen LogP contribution in [0.15, 0.2) is 109 Å². The van der Waals surface area contributed by atoms with Gasteiger partial charge >= 0.3 is 5.97 Å². The molecule has 1 atom stereocenters. The minimum Gasteiger partial charge on any atom is -0.478 e. The van der Waals surface area contributed by atoms with Gasteiger partial charge in [-0.2, -0.15) is 0 Å². The Bertz CT molecular complexity index is 1750. The summed E-state index contributed by atoms with van der Waals surface area (Å²) in [6.07, 6.45) is 3.54. The number of likely N-dealkylation sites (tertiary alicyclic amines) is 1. The Morgan fingerprint density at radius 3 is 2.10 bits per heavy atom. The van der Waals surface area contributed by atoms with Crippen molar-refractivity contribution in [1.82, 2.24) is 14.3 Å². The SMILES string of the molecule is O=C(O)C(=C(C(=O)N1CCCC(c2nc(-c3ccc(F)cc3)c3ccccn23)C1)c1ccccc1)c1ccccc1. The number of piperidine rings is 1. The number of imidazole rings is 1. The highest BCUT2D eigenvalue weighted by Crippen LogP contribution is 2.35. The van der Waals surface area contributed by atoms with Crippen molar-refractivity contribution in [3.8, 4) is 11.3 Å². The molecule has 7 heteroatoms. The molecule has 41 heavy (non-hydrogen) atoms. The number of carbonyl (C=O) groups is 2. The third-order valence-corrected chi connectivity index (χ3v) is 7.57. The van der Waals surface area contributed by atoms with E-state index in [2.05, 4.69) is 0 Å². The first kappa shape index (κ1) is 26.2. The van der Waals surface area contributed by atoms with Crippen LogP contribution in [0.5, 0.6) is 0 Å². The van der Waals surface area contributed by atoms with Crippen molar-refractivity contribution >= 4 is 28.5 Å². The molecular weight excluding hydrogens is 517 g/mol. The van der Waals surface area contributed by atoms with Gasteiger partial charge in [0.25, 0.3) is 5.91 Å². The lowest BCUT2D eigenvalue weighted by Gasteiger charge is -2.33. The molecule has 3 heterocycles. The number of rotatable bonds is 6. The van der Waals surface area contributed by atoms with Gasteiger partial charge in [0.15, 0.2) is 0 Å². The lowest BCUT2D eigenvalue weighted by molar-refractivity contribution is -0.131. The monoisotopic (exact) mass is 545 g/mol. The topological polar surface area (TPSA) is 74.9 Å². The number of pyridine rings is 1. The van der Waals surface area contributed by atoms with Crippen LogP contribution >= 0.6 is 0 Å². The highest BCUT2D eigenvalue weighted by molar-refractivity contribution is 6.38. The third-order valence-electron chi connectivity index (χ3n) is 7.57. The second-order valence-electron chi connectivity index (χ2n) is 10.2. The Hall–Kier alpha value is -5.04. The fourth-order valence-electron chi connectivity index (χ4n) is 5.66. The van der Waals surface area contributed by atoms with Crippen LogP contribution in [-0.2, 0) is 9.59 Å². The number of hydrogen-bond donors (Lipinski definition) is 1. The largest absolute Gasteiger partial charge is 0.478 e. The number of carboxylic acid groups (broad SMARTS) is 1. The van der Waals surface area contributed by atoms with Gasteiger partial charge < -0.3 is 14.4 Å². The number of halogens is 1. The molecule has 6 rings (SSSR count). The van der Waals surface area contributed by atoms with E-state index in [1.54, 1.807) is 65.6 Å². The maximum absolute atomic E-state index is 14.3. The first-order chi connectivity index (χ1) is 20.0. The van der Waals surface area contributed by atoms with Crippen molar-refractivity contribution in [1.29, 1.82) is 0 Å². The Kier molecular flexibility index (Phi) is 7.17. The molecule has 5 aromatic rings. The van der Waals surface area contributed by atoms with Crippen LogP contribution < -0.4 is 0 Å². The molecule has 1 amide bonds. The zero-order valence-corrected chi connectivity index (χ0v) is 22.3. The summed E-state index contributed by atoms with van der Waals surface area (Å²) >= 11 is 0. The molecule has 1 unspecified atom stereocenters. The molecule has 0 radical (unpaired) electrons. The predicted octanol–water partition coefficient (Wildman–Crippen LogP) is 6.54. The van der Waals surface area contributed by atoms with Gasteiger partial charge in [-0.15, -0.1) is 0 Å². The van der Waals surface area contributed by atoms with Gasteiger partial charge in [-0.25, -0.2) is 14.2 Å². The minimum absolute atomic E-state index is 0.0196. The van der Waals surface area contributed by atoms with E-state index in [0.717, 1.165) is 35.4 Å². The molecule has 2 aromatic heterocycles. The summed E-state index contributed by atoms with van der Waals surface area (Å²) < 4.78 is 15.7. The highest BCUT2D eigenvalue weighted by atomic mass is 19.1. The van der Waals surface area contributed by atoms with Crippen molar-refractivity contribution in [2.45, 2.75) is 18.8 Å². The first-order valence-corrected chi connectivity index (χ1v) is 13.6. The van der Waals surface area contributed by atoms with Crippen LogP contribution in [0.1, 0.15) is 35.7 Å². The van der Waals surface area contributed by atoms with Crippen molar-refractivity contribution in [2.24, 2.45) is 0 Å². The maximum Gasteiger partial charge on any atom is 0.337 e. The van der Waals surface area contributed by atoms with Crippen molar-refractivity contribution in [2.75, 3.05) is 13.1 Å². The fourth-order valence-corrected chi connectivity index (χ4v) is 5.66. The number of hydrogen-bond acceptors (Lipinski definition) is 3. The Labute approximate surface area is 237 Å². The summed E-state index contributed by atoms with van der Waals surface area (Å²) in [5, 5.41) is 10.3. The number of aliphatic carboxylic acids is 1. The minimum atomic E-state index is -1.15. The van der Waals surface area contributed by atoms with Crippen LogP contribution in [0.3, 0.4) is 0 Å². The number of benzene rings is 3. The van der Waals surface area contributed by atoms with E-state index in [1.165, 1.54) is 12.1 Å². The van der Waals surface area contributed by atoms with E-state index < -0.39 is 5.97 Å². The third kappa shape index (κ3) is 5.14. The lowest BCUT2D eigenvalue weighted by atomic mass is 9.91. The fraction of sp³-hybridized carbons (Fsp3) is 0.147. The molecule has 1 fully saturated rings. The normalized spacial score (nSPS) is 15.9. The van der Waals surface area contributed by atoms with Gasteiger partial charge in [0.2, 0.25) is 0 Å². The molecule has 0 spiro atoms. The number of carbonyl (C=O) groups excluding carboxylic acids is 1. The molecule has 204 valence electrons. The number of carboxylic acids is 1. The first-order valence-electron chi connectivity index (χ1n) is 13.6. The Morgan fingerprint density at radius 2 is 1.44 bits per heavy atom. The molecule has 0 saturated carbocycles. The zero-order chi connectivity index (χ0) is 28.3. The van der Waals surface area contributed by atoms with E-state index in [1.807, 2.05) is 40.9 Å². The lowest BCUT2D eigenvalue weighted by Crippen LogP contribution is -2.40. The maximum atomic E-state index is 14.3. The molecule has 3 aromatic carbocycles. The van der Waals surface area contributed by atoms with Gasteiger partial charge in [0.05, 0.1) is 22.4 Å². The van der Waals surface area contributed by atoms with E-state index in [-0.39, 0.29) is 28.8 Å². The molecule has 0 aliphatic carbocycles. The smallest absolute Gasteiger partial charge is 0.337 e. The number of fused-ring (bicyclic) bond motifs is 1. The molecule has 1 aliphatic heterocycles. The van der Waals surface area contributed by atoms with Crippen LogP contribution in [0.25, 0.3) is 27.9 Å². The molecule has 0 bridgehead atoms. The number of aromatic nitrogens is 2. The second-order valence-corrected chi connectivity index (χ2v) is 10.2. The summed E-state index contributed by atoms with van der Waals surface area (Å²) in [4.78, 5) is 33.7. The molecule has 1 aliphatic rings. The zero-order valence-electron chi connectivity index (χ0n) is 22.3. The Morgan fingerprint density at radius 1 is 0.805 bits per heavy atom. The molecule has 1 saturated heterocycles. The molecule has 6 nitrogen and oxygen atoms in total. The quantitative estimate of drug-likeness (QED) is 0.194. The summed E-state index contributed by atoms with van der Waals surface area (Å²) in [6.45, 7) is 0.912. The van der Waals surface area contributed by atoms with E-state index >= 15 is 0 Å². The van der Waals surface area contributed by atoms with Gasteiger partial charge in [-0.05, 0) is 60.4 Å². The van der Waals surface area contributed by atoms with Crippen molar-refractivity contribution in [3.05, 3.63) is 132 Å². The highest BCUT2D eigenvalue weighted by Gasteiger charge is 2.33. The van der Waals surface area contributed by atoms with Crippen LogP contribution in [0.2, 0.25) is 0 Å². The summed E-state index contributed by atoms with van der Waals surface area (Å²) in [6, 6.07) is 29.9. The summed E-state index contributed by atoms with van der Waals surface area (Å²) in [5.74, 6) is -1.03. The standard InChI is InChI=1S/C34H28FN3O3/c35-27-18-16-25(17-19-27)31-28-15-7-8-21-38(28)32(36-31)26-14-9-20-37(22-26)33(39)29(23-10-3-1-4-11-23)30(34(40)41)24-12-5-2-6-13-24/h1-8,10-13,15-19,21,26H,9,14,20,22H2,(H,40,41). The number of nitrogens with zero attached hydrogens (tertiary/aromatic N) is 3. The van der Waals surface area contributed by atoms with Crippen LogP contribution in [-0.4, -0.2) is 44.4 Å². The van der Waals surface area contributed by atoms with Crippen molar-refractivity contribution in [3.63, 3.8) is 0 Å². The van der Waals surface area contributed by atoms with Crippen molar-refractivity contribution < 1.29 is 19.1 Å². The Balaban J connectivity index is 1.40. The molecular formula is C34H28FN3O3. The van der Waals surface area contributed by atoms with Gasteiger partial charge in [0.1, 0.15) is 11.6 Å². The van der Waals surface area contributed by atoms with Gasteiger partial charge in [0, 0.05) is 30.8 Å². The van der Waals surface area contributed by atoms with Gasteiger partial charge in [-0.3, -0.25) is 4.79 Å².